The minimum Gasteiger partial charge on any atom is -0.460 e. The third-order valence-corrected chi connectivity index (χ3v) is 12.3. The average molecular weight is 691 g/mol. The number of anilines is 2. The predicted molar refractivity (Wildman–Crippen MR) is 201 cm³/mol. The van der Waals surface area contributed by atoms with E-state index in [-0.39, 0.29) is 17.4 Å². The Balaban J connectivity index is 1.15. The van der Waals surface area contributed by atoms with Crippen molar-refractivity contribution < 1.29 is 14.3 Å². The number of fused-ring (bicyclic) bond motifs is 2. The lowest BCUT2D eigenvalue weighted by atomic mass is 9.72. The maximum atomic E-state index is 12.3. The summed E-state index contributed by atoms with van der Waals surface area (Å²) in [6.07, 6.45) is 11.0. The minimum absolute atomic E-state index is 0.0412. The number of rotatable bonds is 10. The van der Waals surface area contributed by atoms with Crippen LogP contribution < -0.4 is 14.5 Å². The van der Waals surface area contributed by atoms with Crippen LogP contribution in [0.15, 0.2) is 37.1 Å². The van der Waals surface area contributed by atoms with Crippen molar-refractivity contribution in [2.75, 3.05) is 82.4 Å². The number of likely N-dealkylation sites (tertiary alicyclic amines) is 2. The van der Waals surface area contributed by atoms with Gasteiger partial charge in [-0.1, -0.05) is 12.6 Å². The van der Waals surface area contributed by atoms with Crippen LogP contribution in [-0.4, -0.2) is 115 Å². The lowest BCUT2D eigenvalue weighted by molar-refractivity contribution is -0.139. The van der Waals surface area contributed by atoms with Crippen molar-refractivity contribution in [3.05, 3.63) is 48.2 Å². The molecule has 9 rings (SSSR count). The third kappa shape index (κ3) is 5.92. The summed E-state index contributed by atoms with van der Waals surface area (Å²) in [6.45, 7) is 15.0. The molecule has 5 aliphatic rings. The molecule has 1 spiro atoms. The highest BCUT2D eigenvalue weighted by atomic mass is 16.5. The second-order valence-electron chi connectivity index (χ2n) is 15.7. The first kappa shape index (κ1) is 32.7. The normalized spacial score (nSPS) is 20.9. The van der Waals surface area contributed by atoms with Crippen LogP contribution in [0.2, 0.25) is 0 Å². The highest BCUT2D eigenvalue weighted by molar-refractivity contribution is 6.10. The number of aromatic nitrogens is 4. The molecule has 1 aliphatic carbocycles. The molecule has 0 bridgehead atoms. The summed E-state index contributed by atoms with van der Waals surface area (Å²) in [5.41, 5.74) is 8.71. The number of nitrogens with zero attached hydrogens (tertiary/aromatic N) is 7. The molecule has 51 heavy (non-hydrogen) atoms. The van der Waals surface area contributed by atoms with Crippen LogP contribution in [0.4, 0.5) is 11.5 Å². The SMILES string of the molecule is C=CC(=O)N1CC2(CCN(c3nc(OC4CCN(CCOC)CC4)nc4c(N5CCC5)c(-c5c(C)ccc6[nH]ncc56)c(C5CC5)cc34)CC2)C1. The van der Waals surface area contributed by atoms with Crippen molar-refractivity contribution in [2.24, 2.45) is 5.41 Å². The molecule has 5 fully saturated rings. The molecule has 0 radical (unpaired) electrons. The van der Waals surface area contributed by atoms with E-state index < -0.39 is 0 Å². The van der Waals surface area contributed by atoms with E-state index in [1.807, 2.05) is 11.1 Å². The van der Waals surface area contributed by atoms with E-state index in [1.165, 1.54) is 53.3 Å². The molecular weight excluding hydrogens is 640 g/mol. The van der Waals surface area contributed by atoms with E-state index in [1.54, 1.807) is 7.11 Å². The van der Waals surface area contributed by atoms with Crippen molar-refractivity contribution in [1.29, 1.82) is 0 Å². The summed E-state index contributed by atoms with van der Waals surface area (Å²) >= 11 is 0. The number of aromatic amines is 1. The van der Waals surface area contributed by atoms with Crippen molar-refractivity contribution in [2.45, 2.75) is 63.9 Å². The molecule has 2 aromatic carbocycles. The summed E-state index contributed by atoms with van der Waals surface area (Å²) in [7, 11) is 1.77. The highest BCUT2D eigenvalue weighted by Crippen LogP contribution is 2.54. The van der Waals surface area contributed by atoms with Gasteiger partial charge in [-0.15, -0.1) is 0 Å². The summed E-state index contributed by atoms with van der Waals surface area (Å²) in [4.78, 5) is 32.4. The summed E-state index contributed by atoms with van der Waals surface area (Å²) in [5.74, 6) is 1.56. The first-order valence-corrected chi connectivity index (χ1v) is 19.0. The van der Waals surface area contributed by atoms with Gasteiger partial charge in [0.1, 0.15) is 17.4 Å². The number of nitrogens with one attached hydrogen (secondary N) is 1. The molecule has 11 nitrogen and oxygen atoms in total. The molecule has 268 valence electrons. The zero-order valence-corrected chi connectivity index (χ0v) is 30.1. The number of H-pyrrole nitrogens is 1. The number of methoxy groups -OCH3 is 1. The van der Waals surface area contributed by atoms with Crippen LogP contribution in [0.3, 0.4) is 0 Å². The van der Waals surface area contributed by atoms with Gasteiger partial charge in [-0.25, -0.2) is 0 Å². The standard InChI is InChI=1S/C40H50N8O3/c1-4-33(49)48-24-40(25-48)12-18-47(19-13-40)38-30-22-29(27-7-8-27)35(34-26(2)6-9-32-31(34)23-41-44-32)37(46-14-5-15-46)36(30)42-39(43-38)51-28-10-16-45(17-11-28)20-21-50-3/h4,6,9,22-23,27-28H,1,5,7-8,10-21,24-25H2,2-3H3,(H,41,44). The topological polar surface area (TPSA) is 103 Å². The zero-order chi connectivity index (χ0) is 34.7. The van der Waals surface area contributed by atoms with E-state index in [9.17, 15) is 4.79 Å². The molecule has 1 amide bonds. The Labute approximate surface area is 300 Å². The van der Waals surface area contributed by atoms with Crippen LogP contribution in [0.25, 0.3) is 32.9 Å². The van der Waals surface area contributed by atoms with Crippen LogP contribution in [-0.2, 0) is 9.53 Å². The summed E-state index contributed by atoms with van der Waals surface area (Å²) < 4.78 is 12.1. The average Bonchev–Trinajstić information content (AvgIpc) is 3.85. The van der Waals surface area contributed by atoms with Crippen LogP contribution in [0.1, 0.15) is 62.0 Å². The maximum absolute atomic E-state index is 12.3. The molecule has 1 saturated carbocycles. The van der Waals surface area contributed by atoms with Crippen molar-refractivity contribution >= 4 is 39.2 Å². The zero-order valence-electron chi connectivity index (χ0n) is 30.1. The monoisotopic (exact) mass is 690 g/mol. The van der Waals surface area contributed by atoms with Gasteiger partial charge in [0.2, 0.25) is 5.91 Å². The quantitative estimate of drug-likeness (QED) is 0.211. The molecule has 11 heteroatoms. The number of hydrogen-bond donors (Lipinski definition) is 1. The third-order valence-electron chi connectivity index (χ3n) is 12.3. The van der Waals surface area contributed by atoms with Crippen molar-refractivity contribution in [3.8, 4) is 17.1 Å². The first-order chi connectivity index (χ1) is 24.9. The Hall–Kier alpha value is -4.22. The van der Waals surface area contributed by atoms with Gasteiger partial charge in [-0.05, 0) is 92.7 Å². The van der Waals surface area contributed by atoms with Gasteiger partial charge < -0.3 is 29.1 Å². The lowest BCUT2D eigenvalue weighted by Gasteiger charge is -2.54. The molecule has 4 saturated heterocycles. The van der Waals surface area contributed by atoms with Crippen LogP contribution >= 0.6 is 0 Å². The molecule has 1 N–H and O–H groups in total. The largest absolute Gasteiger partial charge is 0.460 e. The van der Waals surface area contributed by atoms with Crippen LogP contribution in [0.5, 0.6) is 6.01 Å². The molecular formula is C40H50N8O3. The second-order valence-corrected chi connectivity index (χ2v) is 15.7. The molecule has 6 heterocycles. The van der Waals surface area contributed by atoms with E-state index >= 15 is 0 Å². The van der Waals surface area contributed by atoms with Gasteiger partial charge in [0.05, 0.1) is 24.0 Å². The number of hydrogen-bond acceptors (Lipinski definition) is 9. The molecule has 0 atom stereocenters. The molecule has 0 unspecified atom stereocenters. The fourth-order valence-corrected chi connectivity index (χ4v) is 8.99. The van der Waals surface area contributed by atoms with E-state index in [0.29, 0.717) is 11.9 Å². The predicted octanol–water partition coefficient (Wildman–Crippen LogP) is 5.67. The molecule has 2 aromatic heterocycles. The van der Waals surface area contributed by atoms with Crippen molar-refractivity contribution in [1.82, 2.24) is 30.0 Å². The highest BCUT2D eigenvalue weighted by Gasteiger charge is 2.46. The molecule has 4 aromatic rings. The van der Waals surface area contributed by atoms with Crippen LogP contribution in [0, 0.1) is 12.3 Å². The fourth-order valence-electron chi connectivity index (χ4n) is 8.99. The Bertz CT molecular complexity index is 1960. The van der Waals surface area contributed by atoms with E-state index in [4.69, 9.17) is 19.4 Å². The smallest absolute Gasteiger partial charge is 0.319 e. The van der Waals surface area contributed by atoms with Gasteiger partial charge in [0.25, 0.3) is 0 Å². The Kier molecular flexibility index (Phi) is 8.38. The van der Waals surface area contributed by atoms with Gasteiger partial charge >= 0.3 is 6.01 Å². The number of ether oxygens (including phenoxy) is 2. The number of amides is 1. The van der Waals surface area contributed by atoms with Gasteiger partial charge in [0.15, 0.2) is 0 Å². The van der Waals surface area contributed by atoms with Crippen molar-refractivity contribution in [3.63, 3.8) is 0 Å². The van der Waals surface area contributed by atoms with Gasteiger partial charge in [-0.2, -0.15) is 15.1 Å². The molecule has 4 aliphatic heterocycles. The first-order valence-electron chi connectivity index (χ1n) is 19.0. The number of carbonyl (C=O) groups excluding carboxylic acids is 1. The number of carbonyl (C=O) groups is 1. The Morgan fingerprint density at radius 1 is 1.00 bits per heavy atom. The van der Waals surface area contributed by atoms with E-state index in [2.05, 4.69) is 56.6 Å². The number of benzene rings is 2. The summed E-state index contributed by atoms with van der Waals surface area (Å²) in [6, 6.07) is 7.30. The second kappa shape index (κ2) is 13.1. The number of piperidine rings is 2. The summed E-state index contributed by atoms with van der Waals surface area (Å²) in [5, 5.41) is 10.0. The van der Waals surface area contributed by atoms with Gasteiger partial charge in [0, 0.05) is 87.8 Å². The Morgan fingerprint density at radius 3 is 2.47 bits per heavy atom. The lowest BCUT2D eigenvalue weighted by Crippen LogP contribution is -2.61. The Morgan fingerprint density at radius 2 is 1.78 bits per heavy atom. The van der Waals surface area contributed by atoms with E-state index in [0.717, 1.165) is 119 Å². The van der Waals surface area contributed by atoms with Gasteiger partial charge in [-0.3, -0.25) is 9.89 Å². The number of aryl methyl sites for hydroxylation is 1. The minimum atomic E-state index is 0.0412. The fraction of sp³-hybridized carbons (Fsp3) is 0.550. The maximum Gasteiger partial charge on any atom is 0.319 e.